The molecule has 4 aromatic rings. The first-order valence-corrected chi connectivity index (χ1v) is 11.7. The zero-order valence-corrected chi connectivity index (χ0v) is 19.6. The van der Waals surface area contributed by atoms with Crippen molar-refractivity contribution in [1.29, 1.82) is 0 Å². The van der Waals surface area contributed by atoms with Gasteiger partial charge in [0.05, 0.1) is 32.5 Å². The van der Waals surface area contributed by atoms with E-state index in [1.165, 1.54) is 0 Å². The number of carbonyl (C=O) groups excluding carboxylic acids is 1. The molecule has 0 saturated heterocycles. The summed E-state index contributed by atoms with van der Waals surface area (Å²) < 4.78 is 1.08. The zero-order chi connectivity index (χ0) is 24.1. The number of thiazole rings is 1. The van der Waals surface area contributed by atoms with Gasteiger partial charge in [-0.15, -0.1) is 11.3 Å². The molecule has 0 spiro atoms. The summed E-state index contributed by atoms with van der Waals surface area (Å²) in [5.41, 5.74) is 6.00. The summed E-state index contributed by atoms with van der Waals surface area (Å²) in [5.74, 6) is -0.558. The summed E-state index contributed by atoms with van der Waals surface area (Å²) in [7, 11) is 0. The maximum absolute atomic E-state index is 12.9. The number of amides is 1. The topological polar surface area (TPSA) is 116 Å². The molecule has 174 valence electrons. The smallest absolute Gasteiger partial charge is 0.335 e. The van der Waals surface area contributed by atoms with Gasteiger partial charge in [-0.05, 0) is 56.2 Å². The quantitative estimate of drug-likeness (QED) is 0.271. The lowest BCUT2D eigenvalue weighted by Crippen LogP contribution is -2.27. The number of nitrogens with one attached hydrogen (secondary N) is 3. The summed E-state index contributed by atoms with van der Waals surface area (Å²) in [5, 5.41) is 18.5. The number of benzene rings is 2. The highest BCUT2D eigenvalue weighted by atomic mass is 32.1. The molecular weight excluding hydrogens is 450 g/mol. The molecule has 0 radical (unpaired) electrons. The predicted octanol–water partition coefficient (Wildman–Crippen LogP) is 4.93. The summed E-state index contributed by atoms with van der Waals surface area (Å²) in [6.45, 7) is 4.43. The molecular formula is C25H25N5O3S. The van der Waals surface area contributed by atoms with Gasteiger partial charge in [0.15, 0.2) is 0 Å². The zero-order valence-electron chi connectivity index (χ0n) is 18.8. The molecule has 0 aliphatic rings. The maximum Gasteiger partial charge on any atom is 0.335 e. The van der Waals surface area contributed by atoms with Crippen LogP contribution in [0.15, 0.2) is 60.2 Å². The average Bonchev–Trinajstić information content (AvgIpc) is 3.27. The SMILES string of the molecule is CC(C)Nc1cc(Nc2ccc3ncsc3c2)ncc1C(=O)NCCc1ccc(C(=O)O)cc1. The number of rotatable bonds is 9. The van der Waals surface area contributed by atoms with Crippen LogP contribution in [0.3, 0.4) is 0 Å². The van der Waals surface area contributed by atoms with Crippen LogP contribution in [0.25, 0.3) is 10.2 Å². The van der Waals surface area contributed by atoms with Crippen molar-refractivity contribution in [3.05, 3.63) is 76.9 Å². The third-order valence-electron chi connectivity index (χ3n) is 5.10. The Bertz CT molecular complexity index is 1320. The highest BCUT2D eigenvalue weighted by Crippen LogP contribution is 2.26. The number of pyridine rings is 1. The minimum absolute atomic E-state index is 0.128. The molecule has 4 rings (SSSR count). The fraction of sp³-hybridized carbons (Fsp3) is 0.200. The number of nitrogens with zero attached hydrogens (tertiary/aromatic N) is 2. The van der Waals surface area contributed by atoms with Gasteiger partial charge < -0.3 is 21.1 Å². The number of carbonyl (C=O) groups is 2. The molecule has 0 unspecified atom stereocenters. The minimum Gasteiger partial charge on any atom is -0.478 e. The van der Waals surface area contributed by atoms with Gasteiger partial charge in [0, 0.05) is 30.5 Å². The second kappa shape index (κ2) is 10.3. The van der Waals surface area contributed by atoms with Crippen LogP contribution in [0.2, 0.25) is 0 Å². The standard InChI is InChI=1S/C25H25N5O3S/c1-15(2)29-21-12-23(30-18-7-8-20-22(11-18)34-14-28-20)27-13-19(21)24(31)26-10-9-16-3-5-17(6-4-16)25(32)33/h3-8,11-15H,9-10H2,1-2H3,(H,26,31)(H,32,33)(H2,27,29,30). The van der Waals surface area contributed by atoms with Crippen molar-refractivity contribution in [2.75, 3.05) is 17.2 Å². The van der Waals surface area contributed by atoms with Crippen molar-refractivity contribution >= 4 is 50.6 Å². The van der Waals surface area contributed by atoms with Crippen molar-refractivity contribution in [3.63, 3.8) is 0 Å². The summed E-state index contributed by atoms with van der Waals surface area (Å²) in [4.78, 5) is 32.6. The molecule has 2 aromatic heterocycles. The van der Waals surface area contributed by atoms with E-state index >= 15 is 0 Å². The van der Waals surface area contributed by atoms with E-state index in [-0.39, 0.29) is 17.5 Å². The van der Waals surface area contributed by atoms with Crippen LogP contribution in [-0.2, 0) is 6.42 Å². The third-order valence-corrected chi connectivity index (χ3v) is 5.89. The van der Waals surface area contributed by atoms with E-state index in [4.69, 9.17) is 5.11 Å². The van der Waals surface area contributed by atoms with E-state index in [0.717, 1.165) is 21.5 Å². The Morgan fingerprint density at radius 1 is 1.06 bits per heavy atom. The molecule has 9 heteroatoms. The van der Waals surface area contributed by atoms with Crippen LogP contribution in [0.1, 0.15) is 40.1 Å². The van der Waals surface area contributed by atoms with E-state index in [1.807, 2.05) is 43.6 Å². The molecule has 2 heterocycles. The van der Waals surface area contributed by atoms with Gasteiger partial charge in [0.2, 0.25) is 0 Å². The number of aromatic nitrogens is 2. The van der Waals surface area contributed by atoms with E-state index in [2.05, 4.69) is 25.9 Å². The number of carboxylic acids is 1. The van der Waals surface area contributed by atoms with Crippen LogP contribution in [0.5, 0.6) is 0 Å². The summed E-state index contributed by atoms with van der Waals surface area (Å²) in [6, 6.07) is 14.5. The van der Waals surface area contributed by atoms with E-state index in [9.17, 15) is 9.59 Å². The number of hydrogen-bond acceptors (Lipinski definition) is 7. The van der Waals surface area contributed by atoms with Crippen LogP contribution >= 0.6 is 11.3 Å². The number of carboxylic acid groups (broad SMARTS) is 1. The molecule has 2 aromatic carbocycles. The molecule has 0 aliphatic carbocycles. The van der Waals surface area contributed by atoms with Gasteiger partial charge in [0.1, 0.15) is 5.82 Å². The minimum atomic E-state index is -0.959. The van der Waals surface area contributed by atoms with Crippen LogP contribution < -0.4 is 16.0 Å². The third kappa shape index (κ3) is 5.68. The number of fused-ring (bicyclic) bond motifs is 1. The maximum atomic E-state index is 12.9. The van der Waals surface area contributed by atoms with E-state index in [0.29, 0.717) is 30.0 Å². The Morgan fingerprint density at radius 2 is 1.85 bits per heavy atom. The van der Waals surface area contributed by atoms with Crippen LogP contribution in [0, 0.1) is 0 Å². The molecule has 8 nitrogen and oxygen atoms in total. The lowest BCUT2D eigenvalue weighted by atomic mass is 10.1. The van der Waals surface area contributed by atoms with Crippen molar-refractivity contribution in [3.8, 4) is 0 Å². The van der Waals surface area contributed by atoms with Gasteiger partial charge in [0.25, 0.3) is 5.91 Å². The molecule has 0 saturated carbocycles. The Hall–Kier alpha value is -3.98. The first-order chi connectivity index (χ1) is 16.4. The molecule has 34 heavy (non-hydrogen) atoms. The first-order valence-electron chi connectivity index (χ1n) is 10.9. The molecule has 4 N–H and O–H groups in total. The molecule has 0 aliphatic heterocycles. The van der Waals surface area contributed by atoms with Gasteiger partial charge in [-0.25, -0.2) is 14.8 Å². The highest BCUT2D eigenvalue weighted by Gasteiger charge is 2.14. The van der Waals surface area contributed by atoms with Crippen molar-refractivity contribution in [2.45, 2.75) is 26.3 Å². The lowest BCUT2D eigenvalue weighted by molar-refractivity contribution is 0.0696. The summed E-state index contributed by atoms with van der Waals surface area (Å²) >= 11 is 1.57. The molecule has 0 fully saturated rings. The second-order valence-electron chi connectivity index (χ2n) is 8.08. The fourth-order valence-corrected chi connectivity index (χ4v) is 4.16. The first kappa shape index (κ1) is 23.2. The average molecular weight is 476 g/mol. The fourth-order valence-electron chi connectivity index (χ4n) is 3.45. The Morgan fingerprint density at radius 3 is 2.59 bits per heavy atom. The molecule has 1 amide bonds. The molecule has 0 bridgehead atoms. The Kier molecular flexibility index (Phi) is 7.03. The van der Waals surface area contributed by atoms with Gasteiger partial charge in [-0.2, -0.15) is 0 Å². The normalized spacial score (nSPS) is 10.9. The van der Waals surface area contributed by atoms with Gasteiger partial charge in [-0.3, -0.25) is 4.79 Å². The van der Waals surface area contributed by atoms with Crippen LogP contribution in [0.4, 0.5) is 17.2 Å². The number of aromatic carboxylic acids is 1. The van der Waals surface area contributed by atoms with E-state index in [1.54, 1.807) is 41.8 Å². The highest BCUT2D eigenvalue weighted by molar-refractivity contribution is 7.16. The van der Waals surface area contributed by atoms with Gasteiger partial charge >= 0.3 is 5.97 Å². The number of hydrogen-bond donors (Lipinski definition) is 4. The van der Waals surface area contributed by atoms with Crippen molar-refractivity contribution < 1.29 is 14.7 Å². The van der Waals surface area contributed by atoms with E-state index < -0.39 is 5.97 Å². The second-order valence-corrected chi connectivity index (χ2v) is 8.97. The predicted molar refractivity (Wildman–Crippen MR) is 135 cm³/mol. The number of anilines is 3. The Balaban J connectivity index is 1.44. The largest absolute Gasteiger partial charge is 0.478 e. The monoisotopic (exact) mass is 475 g/mol. The summed E-state index contributed by atoms with van der Waals surface area (Å²) in [6.07, 6.45) is 2.15. The van der Waals surface area contributed by atoms with Crippen molar-refractivity contribution in [2.24, 2.45) is 0 Å². The van der Waals surface area contributed by atoms with Crippen LogP contribution in [-0.4, -0.2) is 39.5 Å². The van der Waals surface area contributed by atoms with Crippen molar-refractivity contribution in [1.82, 2.24) is 15.3 Å². The Labute approximate surface area is 201 Å². The lowest BCUT2D eigenvalue weighted by Gasteiger charge is -2.16. The van der Waals surface area contributed by atoms with Gasteiger partial charge in [-0.1, -0.05) is 12.1 Å². The molecule has 0 atom stereocenters.